The highest BCUT2D eigenvalue weighted by Crippen LogP contribution is 2.32. The summed E-state index contributed by atoms with van der Waals surface area (Å²) in [6.07, 6.45) is 0.143. The second-order valence-electron chi connectivity index (χ2n) is 10.9. The van der Waals surface area contributed by atoms with E-state index in [1.54, 1.807) is 93.6 Å². The van der Waals surface area contributed by atoms with Crippen LogP contribution in [0.2, 0.25) is 0 Å². The van der Waals surface area contributed by atoms with Crippen molar-refractivity contribution in [1.29, 1.82) is 5.26 Å². The van der Waals surface area contributed by atoms with E-state index < -0.39 is 36.8 Å². The SMILES string of the molecule is CC(C)(C)NS(=O)(=O)c1ccccc1-c1ccc(NC(=O)C2(Nc3cccc(C#N)c3)CCS(=O)(=O)CC2)cc1. The highest BCUT2D eigenvalue weighted by molar-refractivity contribution is 7.91. The molecule has 0 bridgehead atoms. The van der Waals surface area contributed by atoms with Crippen molar-refractivity contribution >= 4 is 37.1 Å². The Morgan fingerprint density at radius 2 is 1.57 bits per heavy atom. The number of carbonyl (C=O) groups excluding carboxylic acids is 1. The molecule has 0 aliphatic carbocycles. The zero-order valence-corrected chi connectivity index (χ0v) is 24.2. The van der Waals surface area contributed by atoms with Gasteiger partial charge in [0.05, 0.1) is 28.0 Å². The molecule has 4 rings (SSSR count). The first kappa shape index (κ1) is 29.3. The molecular weight excluding hydrogens is 548 g/mol. The highest BCUT2D eigenvalue weighted by atomic mass is 32.2. The number of sulfone groups is 1. The Balaban J connectivity index is 1.59. The molecule has 1 heterocycles. The molecule has 210 valence electrons. The number of nitrogens with one attached hydrogen (secondary N) is 3. The highest BCUT2D eigenvalue weighted by Gasteiger charge is 2.43. The van der Waals surface area contributed by atoms with Crippen LogP contribution in [-0.2, 0) is 24.7 Å². The van der Waals surface area contributed by atoms with Crippen molar-refractivity contribution in [3.63, 3.8) is 0 Å². The van der Waals surface area contributed by atoms with Crippen molar-refractivity contribution in [2.24, 2.45) is 0 Å². The fourth-order valence-corrected chi connectivity index (χ4v) is 7.79. The average molecular weight is 581 g/mol. The van der Waals surface area contributed by atoms with Crippen molar-refractivity contribution in [2.45, 2.75) is 49.6 Å². The van der Waals surface area contributed by atoms with Crippen molar-refractivity contribution in [3.8, 4) is 17.2 Å². The van der Waals surface area contributed by atoms with Gasteiger partial charge in [-0.15, -0.1) is 0 Å². The van der Waals surface area contributed by atoms with Gasteiger partial charge >= 0.3 is 0 Å². The number of sulfonamides is 1. The van der Waals surface area contributed by atoms with E-state index >= 15 is 0 Å². The third-order valence-electron chi connectivity index (χ3n) is 6.56. The van der Waals surface area contributed by atoms with Gasteiger partial charge in [0, 0.05) is 22.5 Å². The summed E-state index contributed by atoms with van der Waals surface area (Å²) >= 11 is 0. The molecule has 0 spiro atoms. The van der Waals surface area contributed by atoms with E-state index in [1.165, 1.54) is 0 Å². The molecular formula is C29H32N4O5S2. The smallest absolute Gasteiger partial charge is 0.250 e. The van der Waals surface area contributed by atoms with Crippen LogP contribution in [0.15, 0.2) is 77.7 Å². The molecule has 1 aliphatic heterocycles. The van der Waals surface area contributed by atoms with Gasteiger partial charge in [-0.25, -0.2) is 21.6 Å². The van der Waals surface area contributed by atoms with E-state index in [0.717, 1.165) is 0 Å². The molecule has 0 aromatic heterocycles. The van der Waals surface area contributed by atoms with Gasteiger partial charge in [0.2, 0.25) is 15.9 Å². The Labute approximate surface area is 235 Å². The maximum absolute atomic E-state index is 13.6. The summed E-state index contributed by atoms with van der Waals surface area (Å²) in [5, 5.41) is 15.3. The second kappa shape index (κ2) is 11.0. The molecule has 0 radical (unpaired) electrons. The first-order valence-corrected chi connectivity index (χ1v) is 16.1. The van der Waals surface area contributed by atoms with Gasteiger partial charge in [-0.1, -0.05) is 36.4 Å². The molecule has 3 aromatic carbocycles. The van der Waals surface area contributed by atoms with Crippen molar-refractivity contribution < 1.29 is 21.6 Å². The Morgan fingerprint density at radius 3 is 2.20 bits per heavy atom. The predicted molar refractivity (Wildman–Crippen MR) is 156 cm³/mol. The van der Waals surface area contributed by atoms with Crippen molar-refractivity contribution in [3.05, 3.63) is 78.4 Å². The molecule has 0 saturated carbocycles. The molecule has 1 amide bonds. The van der Waals surface area contributed by atoms with E-state index in [0.29, 0.717) is 28.1 Å². The molecule has 40 heavy (non-hydrogen) atoms. The van der Waals surface area contributed by atoms with Crippen LogP contribution in [0.3, 0.4) is 0 Å². The summed E-state index contributed by atoms with van der Waals surface area (Å²) in [7, 11) is -7.05. The zero-order valence-electron chi connectivity index (χ0n) is 22.6. The van der Waals surface area contributed by atoms with Crippen molar-refractivity contribution in [1.82, 2.24) is 4.72 Å². The van der Waals surface area contributed by atoms with Gasteiger partial charge in [-0.3, -0.25) is 4.79 Å². The van der Waals surface area contributed by atoms with Gasteiger partial charge in [0.15, 0.2) is 9.84 Å². The van der Waals surface area contributed by atoms with Crippen LogP contribution >= 0.6 is 0 Å². The van der Waals surface area contributed by atoms with Gasteiger partial charge < -0.3 is 10.6 Å². The first-order chi connectivity index (χ1) is 18.7. The normalized spacial score (nSPS) is 16.4. The number of nitriles is 1. The average Bonchev–Trinajstić information content (AvgIpc) is 2.89. The van der Waals surface area contributed by atoms with Gasteiger partial charge in [0.1, 0.15) is 5.54 Å². The van der Waals surface area contributed by atoms with E-state index in [4.69, 9.17) is 0 Å². The minimum atomic E-state index is -3.79. The fourth-order valence-electron chi connectivity index (χ4n) is 4.62. The maximum Gasteiger partial charge on any atom is 0.250 e. The Hall–Kier alpha value is -3.72. The lowest BCUT2D eigenvalue weighted by atomic mass is 9.90. The first-order valence-electron chi connectivity index (χ1n) is 12.8. The molecule has 0 unspecified atom stereocenters. The molecule has 9 nitrogen and oxygen atoms in total. The van der Waals surface area contributed by atoms with Crippen LogP contribution in [0.4, 0.5) is 11.4 Å². The topological polar surface area (TPSA) is 145 Å². The molecule has 1 aliphatic rings. The predicted octanol–water partition coefficient (Wildman–Crippen LogP) is 4.30. The standard InChI is InChI=1S/C29H32N4O5S2/c1-28(2,3)33-40(37,38)26-10-5-4-9-25(26)22-11-13-23(14-12-22)31-27(34)29(15-17-39(35,36)18-16-29)32-24-8-6-7-21(19-24)20-30/h4-14,19,32-33H,15-18H2,1-3H3,(H,31,34). The van der Waals surface area contributed by atoms with Gasteiger partial charge in [-0.2, -0.15) is 5.26 Å². The Kier molecular flexibility index (Phi) is 8.08. The largest absolute Gasteiger partial charge is 0.371 e. The molecule has 1 fully saturated rings. The number of carbonyl (C=O) groups is 1. The quantitative estimate of drug-likeness (QED) is 0.378. The van der Waals surface area contributed by atoms with Gasteiger partial charge in [0.25, 0.3) is 0 Å². The lowest BCUT2D eigenvalue weighted by Gasteiger charge is -2.37. The third-order valence-corrected chi connectivity index (χ3v) is 10.0. The molecule has 3 N–H and O–H groups in total. The molecule has 1 saturated heterocycles. The number of hydrogen-bond acceptors (Lipinski definition) is 7. The van der Waals surface area contributed by atoms with E-state index in [-0.39, 0.29) is 29.2 Å². The van der Waals surface area contributed by atoms with Crippen LogP contribution in [0.25, 0.3) is 11.1 Å². The third kappa shape index (κ3) is 6.88. The minimum Gasteiger partial charge on any atom is -0.371 e. The van der Waals surface area contributed by atoms with E-state index in [2.05, 4.69) is 21.4 Å². The summed E-state index contributed by atoms with van der Waals surface area (Å²) in [5.41, 5.74) is 0.755. The van der Waals surface area contributed by atoms with Crippen LogP contribution in [-0.4, -0.2) is 45.3 Å². The lowest BCUT2D eigenvalue weighted by Crippen LogP contribution is -2.54. The molecule has 11 heteroatoms. The van der Waals surface area contributed by atoms with Crippen LogP contribution < -0.4 is 15.4 Å². The summed E-state index contributed by atoms with van der Waals surface area (Å²) < 4.78 is 53.1. The van der Waals surface area contributed by atoms with E-state index in [9.17, 15) is 26.9 Å². The van der Waals surface area contributed by atoms with Crippen molar-refractivity contribution in [2.75, 3.05) is 22.1 Å². The lowest BCUT2D eigenvalue weighted by molar-refractivity contribution is -0.120. The number of rotatable bonds is 7. The summed E-state index contributed by atoms with van der Waals surface area (Å²) in [6, 6.07) is 22.3. The monoisotopic (exact) mass is 580 g/mol. The number of amides is 1. The fraction of sp³-hybridized carbons (Fsp3) is 0.310. The van der Waals surface area contributed by atoms with Crippen LogP contribution in [0.1, 0.15) is 39.2 Å². The zero-order chi connectivity index (χ0) is 29.2. The molecule has 3 aromatic rings. The number of anilines is 2. The number of nitrogens with zero attached hydrogens (tertiary/aromatic N) is 1. The van der Waals surface area contributed by atoms with E-state index in [1.807, 2.05) is 0 Å². The maximum atomic E-state index is 13.6. The minimum absolute atomic E-state index is 0.0715. The Morgan fingerprint density at radius 1 is 0.925 bits per heavy atom. The Bertz CT molecular complexity index is 1660. The van der Waals surface area contributed by atoms with Crippen LogP contribution in [0.5, 0.6) is 0 Å². The summed E-state index contributed by atoms with van der Waals surface area (Å²) in [4.78, 5) is 13.8. The summed E-state index contributed by atoms with van der Waals surface area (Å²) in [6.45, 7) is 5.32. The van der Waals surface area contributed by atoms with Gasteiger partial charge in [-0.05, 0) is 75.6 Å². The number of benzene rings is 3. The number of hydrogen-bond donors (Lipinski definition) is 3. The second-order valence-corrected chi connectivity index (χ2v) is 14.9. The molecule has 0 atom stereocenters. The van der Waals surface area contributed by atoms with Crippen LogP contribution in [0, 0.1) is 11.3 Å². The summed E-state index contributed by atoms with van der Waals surface area (Å²) in [5.74, 6) is -0.675.